The third-order valence-corrected chi connectivity index (χ3v) is 4.91. The summed E-state index contributed by atoms with van der Waals surface area (Å²) in [7, 11) is 0. The van der Waals surface area contributed by atoms with Gasteiger partial charge in [-0.05, 0) is 18.6 Å². The standard InChI is InChI=1S/C10H16BrNO2S/c11-6-8-7-12(3-4-14-8)10(13)9-2-1-5-15-9/h8-9H,1-7H2. The first-order valence-electron chi connectivity index (χ1n) is 5.39. The van der Waals surface area contributed by atoms with E-state index in [1.165, 1.54) is 6.42 Å². The second kappa shape index (κ2) is 5.55. The number of alkyl halides is 1. The predicted octanol–water partition coefficient (Wildman–Crippen LogP) is 1.50. The molecule has 0 radical (unpaired) electrons. The Morgan fingerprint density at radius 2 is 2.47 bits per heavy atom. The summed E-state index contributed by atoms with van der Waals surface area (Å²) in [5.41, 5.74) is 0. The fourth-order valence-corrected chi connectivity index (χ4v) is 3.62. The number of amides is 1. The highest BCUT2D eigenvalue weighted by molar-refractivity contribution is 9.09. The molecule has 2 heterocycles. The topological polar surface area (TPSA) is 29.5 Å². The first-order chi connectivity index (χ1) is 7.31. The van der Waals surface area contributed by atoms with E-state index in [1.54, 1.807) is 0 Å². The summed E-state index contributed by atoms with van der Waals surface area (Å²) in [6.07, 6.45) is 2.42. The monoisotopic (exact) mass is 293 g/mol. The van der Waals surface area contributed by atoms with E-state index in [-0.39, 0.29) is 11.4 Å². The van der Waals surface area contributed by atoms with Crippen LogP contribution in [0, 0.1) is 0 Å². The number of halogens is 1. The van der Waals surface area contributed by atoms with Crippen molar-refractivity contribution in [1.82, 2.24) is 4.90 Å². The normalized spacial score (nSPS) is 31.9. The smallest absolute Gasteiger partial charge is 0.235 e. The molecule has 0 saturated carbocycles. The average Bonchev–Trinajstić information content (AvgIpc) is 2.81. The summed E-state index contributed by atoms with van der Waals surface area (Å²) in [5, 5.41) is 1.04. The fraction of sp³-hybridized carbons (Fsp3) is 0.900. The Labute approximate surface area is 103 Å². The molecule has 0 spiro atoms. The Morgan fingerprint density at radius 3 is 3.13 bits per heavy atom. The Hall–Kier alpha value is 0.260. The summed E-state index contributed by atoms with van der Waals surface area (Å²) < 4.78 is 5.52. The number of hydrogen-bond donors (Lipinski definition) is 0. The summed E-state index contributed by atoms with van der Waals surface area (Å²) in [4.78, 5) is 14.1. The van der Waals surface area contributed by atoms with Gasteiger partial charge in [0.1, 0.15) is 0 Å². The van der Waals surface area contributed by atoms with Crippen molar-refractivity contribution < 1.29 is 9.53 Å². The van der Waals surface area contributed by atoms with Crippen LogP contribution in [0.4, 0.5) is 0 Å². The van der Waals surface area contributed by atoms with Crippen molar-refractivity contribution in [3.63, 3.8) is 0 Å². The summed E-state index contributed by atoms with van der Waals surface area (Å²) in [6.45, 7) is 2.19. The van der Waals surface area contributed by atoms with Crippen LogP contribution in [-0.4, -0.2) is 52.9 Å². The van der Waals surface area contributed by atoms with Crippen molar-refractivity contribution in [2.75, 3.05) is 30.8 Å². The third kappa shape index (κ3) is 2.88. The van der Waals surface area contributed by atoms with Crippen molar-refractivity contribution >= 4 is 33.6 Å². The first-order valence-corrected chi connectivity index (χ1v) is 7.56. The van der Waals surface area contributed by atoms with Crippen LogP contribution < -0.4 is 0 Å². The summed E-state index contributed by atoms with van der Waals surface area (Å²) in [5.74, 6) is 1.47. The molecular weight excluding hydrogens is 278 g/mol. The minimum absolute atomic E-state index is 0.175. The van der Waals surface area contributed by atoms with Gasteiger partial charge < -0.3 is 9.64 Å². The van der Waals surface area contributed by atoms with Gasteiger partial charge in [0.05, 0.1) is 18.0 Å². The molecular formula is C10H16BrNO2S. The van der Waals surface area contributed by atoms with Gasteiger partial charge in [-0.25, -0.2) is 0 Å². The first kappa shape index (κ1) is 11.7. The van der Waals surface area contributed by atoms with Crippen molar-refractivity contribution in [2.24, 2.45) is 0 Å². The van der Waals surface area contributed by atoms with Gasteiger partial charge in [0.2, 0.25) is 5.91 Å². The molecule has 0 aromatic rings. The van der Waals surface area contributed by atoms with Crippen LogP contribution in [0.1, 0.15) is 12.8 Å². The number of nitrogens with zero attached hydrogens (tertiary/aromatic N) is 1. The molecule has 2 atom stereocenters. The molecule has 3 nitrogen and oxygen atoms in total. The van der Waals surface area contributed by atoms with E-state index >= 15 is 0 Å². The molecule has 2 aliphatic heterocycles. The third-order valence-electron chi connectivity index (χ3n) is 2.83. The summed E-state index contributed by atoms with van der Waals surface area (Å²) >= 11 is 5.21. The van der Waals surface area contributed by atoms with Crippen molar-refractivity contribution in [1.29, 1.82) is 0 Å². The highest BCUT2D eigenvalue weighted by Crippen LogP contribution is 2.28. The molecule has 2 unspecified atom stereocenters. The average molecular weight is 294 g/mol. The van der Waals surface area contributed by atoms with Crippen LogP contribution in [0.2, 0.25) is 0 Å². The maximum absolute atomic E-state index is 12.1. The molecule has 0 bridgehead atoms. The number of morpholine rings is 1. The Kier molecular flexibility index (Phi) is 4.34. The lowest BCUT2D eigenvalue weighted by molar-refractivity contribution is -0.137. The van der Waals surface area contributed by atoms with Gasteiger partial charge in [0.15, 0.2) is 0 Å². The van der Waals surface area contributed by atoms with E-state index in [9.17, 15) is 4.79 Å². The van der Waals surface area contributed by atoms with Crippen molar-refractivity contribution in [2.45, 2.75) is 24.2 Å². The SMILES string of the molecule is O=C(C1CCCS1)N1CCOC(CBr)C1. The lowest BCUT2D eigenvalue weighted by atomic mass is 10.2. The van der Waals surface area contributed by atoms with E-state index in [4.69, 9.17) is 4.74 Å². The number of thioether (sulfide) groups is 1. The zero-order valence-corrected chi connectivity index (χ0v) is 11.1. The molecule has 2 rings (SSSR count). The molecule has 5 heteroatoms. The van der Waals surface area contributed by atoms with E-state index in [2.05, 4.69) is 15.9 Å². The van der Waals surface area contributed by atoms with Gasteiger partial charge in [-0.1, -0.05) is 15.9 Å². The Morgan fingerprint density at radius 1 is 1.60 bits per heavy atom. The van der Waals surface area contributed by atoms with E-state index in [0.717, 1.165) is 30.6 Å². The number of rotatable bonds is 2. The second-order valence-electron chi connectivity index (χ2n) is 3.93. The minimum atomic E-state index is 0.175. The lowest BCUT2D eigenvalue weighted by Gasteiger charge is -2.33. The van der Waals surface area contributed by atoms with Crippen LogP contribution in [-0.2, 0) is 9.53 Å². The van der Waals surface area contributed by atoms with E-state index in [0.29, 0.717) is 12.5 Å². The van der Waals surface area contributed by atoms with E-state index < -0.39 is 0 Å². The van der Waals surface area contributed by atoms with Crippen LogP contribution in [0.25, 0.3) is 0 Å². The molecule has 2 aliphatic rings. The van der Waals surface area contributed by atoms with Crippen LogP contribution in [0.5, 0.6) is 0 Å². The van der Waals surface area contributed by atoms with Crippen molar-refractivity contribution in [3.8, 4) is 0 Å². The maximum atomic E-state index is 12.1. The maximum Gasteiger partial charge on any atom is 0.235 e. The largest absolute Gasteiger partial charge is 0.374 e. The zero-order chi connectivity index (χ0) is 10.7. The lowest BCUT2D eigenvalue weighted by Crippen LogP contribution is -2.48. The quantitative estimate of drug-likeness (QED) is 0.723. The Bertz CT molecular complexity index is 233. The minimum Gasteiger partial charge on any atom is -0.374 e. The molecule has 86 valence electrons. The predicted molar refractivity (Wildman–Crippen MR) is 65.6 cm³/mol. The summed E-state index contributed by atoms with van der Waals surface area (Å²) in [6, 6.07) is 0. The van der Waals surface area contributed by atoms with Crippen LogP contribution in [0.15, 0.2) is 0 Å². The molecule has 0 aromatic carbocycles. The number of carbonyl (C=O) groups is 1. The van der Waals surface area contributed by atoms with Gasteiger partial charge in [-0.3, -0.25) is 4.79 Å². The molecule has 2 fully saturated rings. The van der Waals surface area contributed by atoms with Crippen LogP contribution in [0.3, 0.4) is 0 Å². The van der Waals surface area contributed by atoms with E-state index in [1.807, 2.05) is 16.7 Å². The zero-order valence-electron chi connectivity index (χ0n) is 8.65. The highest BCUT2D eigenvalue weighted by Gasteiger charge is 2.30. The van der Waals surface area contributed by atoms with Crippen molar-refractivity contribution in [3.05, 3.63) is 0 Å². The molecule has 0 aromatic heterocycles. The fourth-order valence-electron chi connectivity index (χ4n) is 1.99. The van der Waals surface area contributed by atoms with Gasteiger partial charge in [0, 0.05) is 18.4 Å². The molecule has 0 aliphatic carbocycles. The van der Waals surface area contributed by atoms with Gasteiger partial charge in [0.25, 0.3) is 0 Å². The van der Waals surface area contributed by atoms with Crippen LogP contribution >= 0.6 is 27.7 Å². The highest BCUT2D eigenvalue weighted by atomic mass is 79.9. The molecule has 2 saturated heterocycles. The van der Waals surface area contributed by atoms with Gasteiger partial charge in [-0.15, -0.1) is 11.8 Å². The van der Waals surface area contributed by atoms with Gasteiger partial charge >= 0.3 is 0 Å². The van der Waals surface area contributed by atoms with Gasteiger partial charge in [-0.2, -0.15) is 0 Å². The second-order valence-corrected chi connectivity index (χ2v) is 5.89. The molecule has 1 amide bonds. The Balaban J connectivity index is 1.88. The number of hydrogen-bond acceptors (Lipinski definition) is 3. The number of carbonyl (C=O) groups excluding carboxylic acids is 1. The number of ether oxygens (including phenoxy) is 1. The molecule has 15 heavy (non-hydrogen) atoms. The molecule has 0 N–H and O–H groups in total.